The first kappa shape index (κ1) is 13.6. The zero-order chi connectivity index (χ0) is 15.0. The molecule has 3 rings (SSSR count). The van der Waals surface area contributed by atoms with Crippen molar-refractivity contribution in [1.82, 2.24) is 9.97 Å². The van der Waals surface area contributed by atoms with Crippen molar-refractivity contribution >= 4 is 33.2 Å². The quantitative estimate of drug-likeness (QED) is 0.802. The van der Waals surface area contributed by atoms with Gasteiger partial charge in [0.15, 0.2) is 0 Å². The van der Waals surface area contributed by atoms with Crippen LogP contribution in [0.25, 0.3) is 10.2 Å². The third-order valence-corrected chi connectivity index (χ3v) is 3.99. The average Bonchev–Trinajstić information content (AvgIpc) is 2.79. The summed E-state index contributed by atoms with van der Waals surface area (Å²) in [6.45, 7) is 2.03. The molecule has 0 bridgehead atoms. The Morgan fingerprint density at radius 2 is 2.00 bits per heavy atom. The minimum absolute atomic E-state index is 0.225. The lowest BCUT2D eigenvalue weighted by molar-refractivity contribution is 0.469. The number of nitrogen functional groups attached to an aromatic ring is 1. The molecule has 0 aliphatic carbocycles. The Morgan fingerprint density at radius 3 is 2.76 bits per heavy atom. The summed E-state index contributed by atoms with van der Waals surface area (Å²) >= 11 is 1.58. The smallest absolute Gasteiger partial charge is 0.232 e. The highest BCUT2D eigenvalue weighted by atomic mass is 32.1. The summed E-state index contributed by atoms with van der Waals surface area (Å²) in [4.78, 5) is 12.5. The third-order valence-electron chi connectivity index (χ3n) is 3.05. The number of aryl methyl sites for hydroxylation is 1. The van der Waals surface area contributed by atoms with Crippen LogP contribution in [0.2, 0.25) is 0 Å². The summed E-state index contributed by atoms with van der Waals surface area (Å²) in [6.07, 6.45) is 0. The van der Waals surface area contributed by atoms with Crippen LogP contribution in [0, 0.1) is 6.92 Å². The zero-order valence-electron chi connectivity index (χ0n) is 12.1. The van der Waals surface area contributed by atoms with Crippen molar-refractivity contribution in [3.63, 3.8) is 0 Å². The van der Waals surface area contributed by atoms with Gasteiger partial charge in [-0.3, -0.25) is 0 Å². The zero-order valence-corrected chi connectivity index (χ0v) is 12.9. The van der Waals surface area contributed by atoms with E-state index in [2.05, 4.69) is 9.97 Å². The standard InChI is InChI=1S/C15H16N4OS/c1-9-7-12-13(17-15(16)18-14(12)21-9)20-11-6-4-5-10(8-11)19(2)3/h4-8H,1-3H3,(H2,16,17,18). The molecule has 0 atom stereocenters. The van der Waals surface area contributed by atoms with E-state index in [1.54, 1.807) is 11.3 Å². The van der Waals surface area contributed by atoms with Crippen LogP contribution in [-0.4, -0.2) is 24.1 Å². The van der Waals surface area contributed by atoms with Crippen LogP contribution in [0.4, 0.5) is 11.6 Å². The molecule has 0 aliphatic heterocycles. The van der Waals surface area contributed by atoms with Crippen molar-refractivity contribution in [2.24, 2.45) is 0 Å². The molecule has 2 heterocycles. The fourth-order valence-electron chi connectivity index (χ4n) is 2.05. The minimum atomic E-state index is 0.225. The molecule has 0 fully saturated rings. The maximum atomic E-state index is 5.93. The fraction of sp³-hybridized carbons (Fsp3) is 0.200. The Labute approximate surface area is 127 Å². The molecular weight excluding hydrogens is 284 g/mol. The summed E-state index contributed by atoms with van der Waals surface area (Å²) in [7, 11) is 3.98. The molecular formula is C15H16N4OS. The summed E-state index contributed by atoms with van der Waals surface area (Å²) < 4.78 is 5.93. The van der Waals surface area contributed by atoms with Gasteiger partial charge in [0.05, 0.1) is 5.39 Å². The highest BCUT2D eigenvalue weighted by Gasteiger charge is 2.11. The number of hydrogen-bond donors (Lipinski definition) is 1. The lowest BCUT2D eigenvalue weighted by Gasteiger charge is -2.13. The van der Waals surface area contributed by atoms with Gasteiger partial charge in [-0.15, -0.1) is 11.3 Å². The molecule has 0 radical (unpaired) electrons. The second-order valence-electron chi connectivity index (χ2n) is 4.96. The van der Waals surface area contributed by atoms with Gasteiger partial charge in [-0.05, 0) is 25.1 Å². The predicted octanol–water partition coefficient (Wildman–Crippen LogP) is 3.44. The molecule has 2 N–H and O–H groups in total. The molecule has 3 aromatic rings. The first-order valence-electron chi connectivity index (χ1n) is 6.52. The highest BCUT2D eigenvalue weighted by molar-refractivity contribution is 7.18. The van der Waals surface area contributed by atoms with Gasteiger partial charge in [0.1, 0.15) is 10.6 Å². The lowest BCUT2D eigenvalue weighted by Crippen LogP contribution is -2.08. The molecule has 0 aliphatic rings. The molecule has 0 saturated heterocycles. The molecule has 2 aromatic heterocycles. The largest absolute Gasteiger partial charge is 0.438 e. The van der Waals surface area contributed by atoms with Crippen LogP contribution in [0.15, 0.2) is 30.3 Å². The maximum absolute atomic E-state index is 5.93. The van der Waals surface area contributed by atoms with E-state index in [1.165, 1.54) is 0 Å². The minimum Gasteiger partial charge on any atom is -0.438 e. The molecule has 0 amide bonds. The number of fused-ring (bicyclic) bond motifs is 1. The van der Waals surface area contributed by atoms with E-state index in [1.807, 2.05) is 56.3 Å². The molecule has 6 heteroatoms. The number of aromatic nitrogens is 2. The molecule has 0 unspecified atom stereocenters. The Bertz CT molecular complexity index is 797. The molecule has 5 nitrogen and oxygen atoms in total. The van der Waals surface area contributed by atoms with Gasteiger partial charge in [0.25, 0.3) is 0 Å². The number of thiophene rings is 1. The molecule has 1 aromatic carbocycles. The average molecular weight is 300 g/mol. The number of benzene rings is 1. The number of hydrogen-bond acceptors (Lipinski definition) is 6. The first-order valence-corrected chi connectivity index (χ1v) is 7.33. The SMILES string of the molecule is Cc1cc2c(Oc3cccc(N(C)C)c3)nc(N)nc2s1. The van der Waals surface area contributed by atoms with E-state index >= 15 is 0 Å². The third kappa shape index (κ3) is 2.75. The van der Waals surface area contributed by atoms with Gasteiger partial charge in [0, 0.05) is 30.7 Å². The second-order valence-corrected chi connectivity index (χ2v) is 6.19. The van der Waals surface area contributed by atoms with Gasteiger partial charge in [-0.1, -0.05) is 6.07 Å². The maximum Gasteiger partial charge on any atom is 0.232 e. The van der Waals surface area contributed by atoms with Crippen molar-refractivity contribution in [1.29, 1.82) is 0 Å². The number of ether oxygens (including phenoxy) is 1. The van der Waals surface area contributed by atoms with Gasteiger partial charge < -0.3 is 15.4 Å². The van der Waals surface area contributed by atoms with E-state index in [0.29, 0.717) is 5.88 Å². The summed E-state index contributed by atoms with van der Waals surface area (Å²) in [5, 5.41) is 0.891. The van der Waals surface area contributed by atoms with Gasteiger partial charge in [-0.2, -0.15) is 4.98 Å². The number of nitrogens with two attached hydrogens (primary N) is 1. The number of anilines is 2. The fourth-order valence-corrected chi connectivity index (χ4v) is 2.92. The van der Waals surface area contributed by atoms with Crippen molar-refractivity contribution in [2.45, 2.75) is 6.92 Å². The van der Waals surface area contributed by atoms with Crippen molar-refractivity contribution in [3.05, 3.63) is 35.2 Å². The van der Waals surface area contributed by atoms with Crippen LogP contribution in [0.1, 0.15) is 4.88 Å². The summed E-state index contributed by atoms with van der Waals surface area (Å²) in [6, 6.07) is 9.85. The molecule has 21 heavy (non-hydrogen) atoms. The van der Waals surface area contributed by atoms with E-state index < -0.39 is 0 Å². The van der Waals surface area contributed by atoms with E-state index in [4.69, 9.17) is 10.5 Å². The number of rotatable bonds is 3. The molecule has 108 valence electrons. The highest BCUT2D eigenvalue weighted by Crippen LogP contribution is 2.33. The summed E-state index contributed by atoms with van der Waals surface area (Å²) in [5.41, 5.74) is 6.82. The monoisotopic (exact) mass is 300 g/mol. The van der Waals surface area contributed by atoms with Crippen LogP contribution in [0.5, 0.6) is 11.6 Å². The summed E-state index contributed by atoms with van der Waals surface area (Å²) in [5.74, 6) is 1.45. The van der Waals surface area contributed by atoms with Crippen LogP contribution in [-0.2, 0) is 0 Å². The molecule has 0 saturated carbocycles. The van der Waals surface area contributed by atoms with Crippen LogP contribution >= 0.6 is 11.3 Å². The Hall–Kier alpha value is -2.34. The Kier molecular flexibility index (Phi) is 3.39. The van der Waals surface area contributed by atoms with Crippen molar-refractivity contribution < 1.29 is 4.74 Å². The normalized spacial score (nSPS) is 10.8. The van der Waals surface area contributed by atoms with Crippen molar-refractivity contribution in [3.8, 4) is 11.6 Å². The van der Waals surface area contributed by atoms with Crippen molar-refractivity contribution in [2.75, 3.05) is 24.7 Å². The second kappa shape index (κ2) is 5.21. The van der Waals surface area contributed by atoms with E-state index in [9.17, 15) is 0 Å². The van der Waals surface area contributed by atoms with Crippen LogP contribution < -0.4 is 15.4 Å². The Morgan fingerprint density at radius 1 is 1.19 bits per heavy atom. The number of nitrogens with zero attached hydrogens (tertiary/aromatic N) is 3. The molecule has 0 spiro atoms. The van der Waals surface area contributed by atoms with E-state index in [-0.39, 0.29) is 5.95 Å². The topological polar surface area (TPSA) is 64.3 Å². The lowest BCUT2D eigenvalue weighted by atomic mass is 10.3. The predicted molar refractivity (Wildman–Crippen MR) is 87.4 cm³/mol. The van der Waals surface area contributed by atoms with Gasteiger partial charge in [-0.25, -0.2) is 4.98 Å². The van der Waals surface area contributed by atoms with Gasteiger partial charge in [0.2, 0.25) is 11.8 Å². The Balaban J connectivity index is 2.03. The van der Waals surface area contributed by atoms with Crippen LogP contribution in [0.3, 0.4) is 0 Å². The van der Waals surface area contributed by atoms with E-state index in [0.717, 1.165) is 26.5 Å². The van der Waals surface area contributed by atoms with Gasteiger partial charge >= 0.3 is 0 Å². The first-order chi connectivity index (χ1) is 10.0.